The number of nitrogens with one attached hydrogen (secondary N) is 1. The number of rotatable bonds is 8. The SMILES string of the molecule is C=CN=C/C(=C(\C)C(C)C)c1cc(C(=C)NC(C)(C)C)cc(-c2ccc(C3CC3)cc2)n1. The van der Waals surface area contributed by atoms with Crippen LogP contribution in [-0.2, 0) is 0 Å². The van der Waals surface area contributed by atoms with Crippen molar-refractivity contribution in [2.45, 2.75) is 65.8 Å². The number of nitrogens with zero attached hydrogens (tertiary/aromatic N) is 2. The van der Waals surface area contributed by atoms with Crippen LogP contribution in [0.25, 0.3) is 22.5 Å². The van der Waals surface area contributed by atoms with E-state index in [2.05, 4.69) is 101 Å². The molecule has 1 aliphatic rings. The van der Waals surface area contributed by atoms with E-state index in [-0.39, 0.29) is 5.54 Å². The quantitative estimate of drug-likeness (QED) is 0.440. The van der Waals surface area contributed by atoms with Gasteiger partial charge in [-0.3, -0.25) is 4.99 Å². The van der Waals surface area contributed by atoms with Gasteiger partial charge in [-0.1, -0.05) is 56.8 Å². The van der Waals surface area contributed by atoms with Crippen molar-refractivity contribution in [2.75, 3.05) is 0 Å². The third-order valence-electron chi connectivity index (χ3n) is 5.83. The average molecular weight is 428 g/mol. The van der Waals surface area contributed by atoms with Gasteiger partial charge in [-0.05, 0) is 70.1 Å². The van der Waals surface area contributed by atoms with Crippen molar-refractivity contribution in [1.82, 2.24) is 10.3 Å². The molecule has 0 amide bonds. The maximum Gasteiger partial charge on any atom is 0.0731 e. The number of aliphatic imine (C=N–C) groups is 1. The molecule has 1 heterocycles. The van der Waals surface area contributed by atoms with Gasteiger partial charge in [0.05, 0.1) is 11.4 Å². The van der Waals surface area contributed by atoms with Crippen LogP contribution in [0.1, 0.15) is 77.1 Å². The minimum atomic E-state index is -0.0800. The molecule has 3 nitrogen and oxygen atoms in total. The van der Waals surface area contributed by atoms with Crippen LogP contribution >= 0.6 is 0 Å². The molecule has 168 valence electrons. The maximum absolute atomic E-state index is 5.08. The van der Waals surface area contributed by atoms with Gasteiger partial charge in [-0.2, -0.15) is 0 Å². The van der Waals surface area contributed by atoms with E-state index in [4.69, 9.17) is 4.98 Å². The highest BCUT2D eigenvalue weighted by Crippen LogP contribution is 2.40. The molecule has 0 saturated heterocycles. The van der Waals surface area contributed by atoms with E-state index < -0.39 is 0 Å². The highest BCUT2D eigenvalue weighted by Gasteiger charge is 2.23. The summed E-state index contributed by atoms with van der Waals surface area (Å²) in [4.78, 5) is 9.41. The van der Waals surface area contributed by atoms with Gasteiger partial charge >= 0.3 is 0 Å². The van der Waals surface area contributed by atoms with Crippen LogP contribution in [0.4, 0.5) is 0 Å². The van der Waals surface area contributed by atoms with E-state index in [1.165, 1.54) is 24.0 Å². The Morgan fingerprint density at radius 1 is 1.16 bits per heavy atom. The lowest BCUT2D eigenvalue weighted by molar-refractivity contribution is 0.502. The number of allylic oxidation sites excluding steroid dienone is 2. The van der Waals surface area contributed by atoms with Crippen molar-refractivity contribution in [3.8, 4) is 11.3 Å². The Hall–Kier alpha value is -2.94. The number of aromatic nitrogens is 1. The first kappa shape index (κ1) is 23.7. The van der Waals surface area contributed by atoms with Crippen LogP contribution < -0.4 is 5.32 Å². The first-order valence-electron chi connectivity index (χ1n) is 11.5. The largest absolute Gasteiger partial charge is 0.380 e. The number of benzene rings is 1. The molecule has 1 saturated carbocycles. The molecule has 0 atom stereocenters. The van der Waals surface area contributed by atoms with Gasteiger partial charge in [-0.25, -0.2) is 4.98 Å². The number of hydrogen-bond acceptors (Lipinski definition) is 3. The first-order valence-corrected chi connectivity index (χ1v) is 11.5. The standard InChI is InChI=1S/C29H37N3/c1-9-30-18-26(20(4)19(2)3)28-17-25(21(5)32-29(6,7)8)16-27(31-28)24-14-12-23(13-15-24)22-10-11-22/h9,12-19,22,32H,1,5,10-11H2,2-4,6-8H3/b26-20-,30-18?. The Morgan fingerprint density at radius 3 is 2.34 bits per heavy atom. The molecule has 32 heavy (non-hydrogen) atoms. The lowest BCUT2D eigenvalue weighted by Gasteiger charge is -2.24. The van der Waals surface area contributed by atoms with E-state index in [1.807, 2.05) is 6.21 Å². The topological polar surface area (TPSA) is 37.3 Å². The molecule has 0 aliphatic heterocycles. The first-order chi connectivity index (χ1) is 15.1. The molecule has 1 aromatic heterocycles. The van der Waals surface area contributed by atoms with E-state index in [0.717, 1.165) is 39.7 Å². The minimum Gasteiger partial charge on any atom is -0.380 e. The van der Waals surface area contributed by atoms with E-state index in [0.29, 0.717) is 5.92 Å². The second-order valence-corrected chi connectivity index (χ2v) is 10.1. The molecule has 0 bridgehead atoms. The summed E-state index contributed by atoms with van der Waals surface area (Å²) in [6.45, 7) is 21.0. The summed E-state index contributed by atoms with van der Waals surface area (Å²) < 4.78 is 0. The zero-order valence-corrected chi connectivity index (χ0v) is 20.5. The van der Waals surface area contributed by atoms with Gasteiger partial charge in [0.1, 0.15) is 0 Å². The zero-order chi connectivity index (χ0) is 23.5. The number of pyridine rings is 1. The van der Waals surface area contributed by atoms with Crippen LogP contribution in [0, 0.1) is 5.92 Å². The van der Waals surface area contributed by atoms with Crippen LogP contribution in [-0.4, -0.2) is 16.7 Å². The lowest BCUT2D eigenvalue weighted by Crippen LogP contribution is -2.33. The molecule has 0 spiro atoms. The fraction of sp³-hybridized carbons (Fsp3) is 0.379. The fourth-order valence-corrected chi connectivity index (χ4v) is 3.67. The van der Waals surface area contributed by atoms with Crippen LogP contribution in [0.15, 0.2) is 66.3 Å². The Morgan fingerprint density at radius 2 is 1.81 bits per heavy atom. The van der Waals surface area contributed by atoms with Crippen molar-refractivity contribution in [3.05, 3.63) is 78.1 Å². The highest BCUT2D eigenvalue weighted by atomic mass is 15.0. The number of hydrogen-bond donors (Lipinski definition) is 1. The Labute approximate surface area is 194 Å². The Balaban J connectivity index is 2.14. The summed E-state index contributed by atoms with van der Waals surface area (Å²) in [6, 6.07) is 13.1. The molecule has 2 aromatic rings. The summed E-state index contributed by atoms with van der Waals surface area (Å²) in [5.74, 6) is 1.12. The normalized spacial score (nSPS) is 15.1. The molecular weight excluding hydrogens is 390 g/mol. The van der Waals surface area contributed by atoms with E-state index in [9.17, 15) is 0 Å². The molecule has 1 N–H and O–H groups in total. The van der Waals surface area contributed by atoms with E-state index in [1.54, 1.807) is 6.20 Å². The van der Waals surface area contributed by atoms with E-state index >= 15 is 0 Å². The predicted octanol–water partition coefficient (Wildman–Crippen LogP) is 7.63. The molecule has 1 fully saturated rings. The maximum atomic E-state index is 5.08. The molecule has 0 unspecified atom stereocenters. The van der Waals surface area contributed by atoms with Gasteiger partial charge < -0.3 is 5.32 Å². The molecule has 3 heteroatoms. The van der Waals surface area contributed by atoms with Gasteiger partial charge in [-0.15, -0.1) is 0 Å². The molecule has 3 rings (SSSR count). The molecule has 0 radical (unpaired) electrons. The van der Waals surface area contributed by atoms with Crippen molar-refractivity contribution in [3.63, 3.8) is 0 Å². The van der Waals surface area contributed by atoms with Crippen LogP contribution in [0.2, 0.25) is 0 Å². The molecular formula is C29H37N3. The molecule has 1 aliphatic carbocycles. The summed E-state index contributed by atoms with van der Waals surface area (Å²) >= 11 is 0. The third-order valence-corrected chi connectivity index (χ3v) is 5.83. The summed E-state index contributed by atoms with van der Waals surface area (Å²) in [5.41, 5.74) is 8.50. The lowest BCUT2D eigenvalue weighted by atomic mass is 9.95. The van der Waals surface area contributed by atoms with Crippen LogP contribution in [0.5, 0.6) is 0 Å². The monoisotopic (exact) mass is 427 g/mol. The van der Waals surface area contributed by atoms with Gasteiger partial charge in [0, 0.05) is 40.4 Å². The van der Waals surface area contributed by atoms with Gasteiger partial charge in [0.15, 0.2) is 0 Å². The molecule has 1 aromatic carbocycles. The minimum absolute atomic E-state index is 0.0800. The Kier molecular flexibility index (Phi) is 7.18. The Bertz CT molecular complexity index is 1040. The van der Waals surface area contributed by atoms with Crippen molar-refractivity contribution < 1.29 is 0 Å². The predicted molar refractivity (Wildman–Crippen MR) is 140 cm³/mol. The summed E-state index contributed by atoms with van der Waals surface area (Å²) in [6.07, 6.45) is 6.05. The fourth-order valence-electron chi connectivity index (χ4n) is 3.67. The van der Waals surface area contributed by atoms with Crippen LogP contribution in [0.3, 0.4) is 0 Å². The van der Waals surface area contributed by atoms with Crippen molar-refractivity contribution in [1.29, 1.82) is 0 Å². The van der Waals surface area contributed by atoms with Gasteiger partial charge in [0.25, 0.3) is 0 Å². The average Bonchev–Trinajstić information content (AvgIpc) is 3.58. The second-order valence-electron chi connectivity index (χ2n) is 10.1. The third kappa shape index (κ3) is 6.06. The summed E-state index contributed by atoms with van der Waals surface area (Å²) in [5, 5.41) is 3.52. The highest BCUT2D eigenvalue weighted by molar-refractivity contribution is 6.10. The smallest absolute Gasteiger partial charge is 0.0731 e. The van der Waals surface area contributed by atoms with Crippen molar-refractivity contribution >= 4 is 17.5 Å². The van der Waals surface area contributed by atoms with Gasteiger partial charge in [0.2, 0.25) is 0 Å². The summed E-state index contributed by atoms with van der Waals surface area (Å²) in [7, 11) is 0. The second kappa shape index (κ2) is 9.68. The zero-order valence-electron chi connectivity index (χ0n) is 20.5. The van der Waals surface area contributed by atoms with Crippen molar-refractivity contribution in [2.24, 2.45) is 10.9 Å².